The molecule has 1 aliphatic heterocycles. The van der Waals surface area contributed by atoms with Crippen molar-refractivity contribution in [3.63, 3.8) is 0 Å². The maximum absolute atomic E-state index is 14.1. The van der Waals surface area contributed by atoms with E-state index in [1.807, 2.05) is 58.0 Å². The Kier molecular flexibility index (Phi) is 12.0. The number of nitrogens with one attached hydrogen (secondary N) is 4. The van der Waals surface area contributed by atoms with Crippen molar-refractivity contribution < 1.29 is 23.1 Å². The number of nitrogens with zero attached hydrogens (tertiary/aromatic N) is 2. The van der Waals surface area contributed by atoms with Crippen LogP contribution in [0.3, 0.4) is 0 Å². The van der Waals surface area contributed by atoms with E-state index in [-0.39, 0.29) is 25.0 Å². The monoisotopic (exact) mass is 672 g/mol. The molecule has 6 atom stereocenters. The molecule has 12 heteroatoms. The molecule has 0 bridgehead atoms. The first kappa shape index (κ1) is 37.0. The highest BCUT2D eigenvalue weighted by atomic mass is 32.2. The summed E-state index contributed by atoms with van der Waals surface area (Å²) < 4.78 is 24.5. The molecule has 0 radical (unpaired) electrons. The third-order valence-electron chi connectivity index (χ3n) is 9.97. The summed E-state index contributed by atoms with van der Waals surface area (Å²) in [5.41, 5.74) is 1.18. The molecular weight excluding hydrogens is 616 g/mol. The molecule has 1 aromatic carbocycles. The zero-order chi connectivity index (χ0) is 34.6. The van der Waals surface area contributed by atoms with Gasteiger partial charge >= 0.3 is 0 Å². The number of sulfone groups is 1. The predicted octanol–water partition coefficient (Wildman–Crippen LogP) is 2.88. The first-order chi connectivity index (χ1) is 21.9. The van der Waals surface area contributed by atoms with Gasteiger partial charge in [0.05, 0.1) is 28.6 Å². The van der Waals surface area contributed by atoms with E-state index in [0.29, 0.717) is 36.3 Å². The Labute approximate surface area is 281 Å². The summed E-state index contributed by atoms with van der Waals surface area (Å²) in [7, 11) is -3.69. The molecule has 2 heterocycles. The number of aliphatic hydroxyl groups excluding tert-OH is 1. The number of hydrogen-bond acceptors (Lipinski definition) is 8. The molecule has 2 amide bonds. The molecule has 4 rings (SSSR count). The average Bonchev–Trinajstić information content (AvgIpc) is 3.40. The molecule has 2 fully saturated rings. The van der Waals surface area contributed by atoms with Crippen LogP contribution >= 0.6 is 0 Å². The van der Waals surface area contributed by atoms with Crippen molar-refractivity contribution in [2.75, 3.05) is 19.3 Å². The van der Waals surface area contributed by atoms with E-state index in [1.165, 1.54) is 26.7 Å². The van der Waals surface area contributed by atoms with Gasteiger partial charge in [-0.05, 0) is 78.2 Å². The molecule has 262 valence electrons. The largest absolute Gasteiger partial charge is 0.390 e. The number of aryl methyl sites for hydroxylation is 1. The average molecular weight is 673 g/mol. The van der Waals surface area contributed by atoms with Crippen LogP contribution in [-0.2, 0) is 32.4 Å². The molecule has 1 saturated heterocycles. The number of piperidine rings is 1. The number of aliphatic hydroxyl groups is 1. The minimum Gasteiger partial charge on any atom is -0.390 e. The van der Waals surface area contributed by atoms with E-state index in [4.69, 9.17) is 0 Å². The van der Waals surface area contributed by atoms with Crippen LogP contribution in [0, 0.1) is 18.8 Å². The number of aromatic nitrogens is 2. The Morgan fingerprint density at radius 3 is 2.34 bits per heavy atom. The van der Waals surface area contributed by atoms with E-state index in [0.717, 1.165) is 31.1 Å². The van der Waals surface area contributed by atoms with Crippen molar-refractivity contribution in [2.24, 2.45) is 11.8 Å². The predicted molar refractivity (Wildman–Crippen MR) is 184 cm³/mol. The van der Waals surface area contributed by atoms with Crippen LogP contribution in [0.15, 0.2) is 36.5 Å². The number of rotatable bonds is 13. The quantitative estimate of drug-likeness (QED) is 0.218. The fourth-order valence-corrected chi connectivity index (χ4v) is 7.66. The summed E-state index contributed by atoms with van der Waals surface area (Å²) >= 11 is 0. The highest BCUT2D eigenvalue weighted by Gasteiger charge is 2.45. The van der Waals surface area contributed by atoms with Crippen molar-refractivity contribution >= 4 is 21.7 Å². The molecule has 1 aromatic heterocycles. The molecule has 47 heavy (non-hydrogen) atoms. The third kappa shape index (κ3) is 9.87. The van der Waals surface area contributed by atoms with Gasteiger partial charge in [-0.25, -0.2) is 13.4 Å². The first-order valence-corrected chi connectivity index (χ1v) is 18.9. The number of carbonyl (C=O) groups is 2. The van der Waals surface area contributed by atoms with Gasteiger partial charge in [0.1, 0.15) is 11.9 Å². The lowest BCUT2D eigenvalue weighted by atomic mass is 9.72. The zero-order valence-electron chi connectivity index (χ0n) is 29.2. The van der Waals surface area contributed by atoms with Crippen LogP contribution < -0.4 is 16.0 Å². The smallest absolute Gasteiger partial charge is 0.239 e. The van der Waals surface area contributed by atoms with Gasteiger partial charge in [-0.3, -0.25) is 19.8 Å². The maximum Gasteiger partial charge on any atom is 0.239 e. The number of imidazole rings is 1. The molecule has 1 aliphatic carbocycles. The Morgan fingerprint density at radius 2 is 1.74 bits per heavy atom. The molecule has 5 N–H and O–H groups in total. The number of H-pyrrole nitrogens is 1. The maximum atomic E-state index is 14.1. The standard InChI is InChI=1S/C35H56N6O5S/c1-23-36-19-27(38-23)20-37-31(35(5,6)47(7,45)46)33(44)39-28(17-24-13-9-8-10-14-24)30(42)22-41-21-26-16-12-11-15-25(26)18-29(41)32(43)40-34(2,3)4/h8-10,13-14,19,25-26,28-31,37,42H,11-12,15-18,20-22H2,1-7H3,(H,36,38)(H,39,44)(H,40,43)/t25-,26+,28-,29-,30+,31+/m0/s1. The topological polar surface area (TPSA) is 157 Å². The summed E-state index contributed by atoms with van der Waals surface area (Å²) in [5, 5.41) is 21.3. The number of β-amino-alcohol motifs (C(OH)–C–C–N with tert-alkyl or cyclic N) is 1. The van der Waals surface area contributed by atoms with Crippen molar-refractivity contribution in [2.45, 2.75) is 121 Å². The van der Waals surface area contributed by atoms with E-state index in [2.05, 4.69) is 30.8 Å². The third-order valence-corrected chi connectivity index (χ3v) is 12.1. The second kappa shape index (κ2) is 15.2. The highest BCUT2D eigenvalue weighted by molar-refractivity contribution is 7.92. The van der Waals surface area contributed by atoms with Crippen LogP contribution in [0.25, 0.3) is 0 Å². The fraction of sp³-hybridized carbons (Fsp3) is 0.686. The van der Waals surface area contributed by atoms with Crippen LogP contribution in [0.5, 0.6) is 0 Å². The Bertz CT molecular complexity index is 1450. The van der Waals surface area contributed by atoms with E-state index < -0.39 is 44.2 Å². The van der Waals surface area contributed by atoms with Crippen LogP contribution in [0.4, 0.5) is 0 Å². The van der Waals surface area contributed by atoms with Gasteiger partial charge in [0.25, 0.3) is 0 Å². The van der Waals surface area contributed by atoms with E-state index >= 15 is 0 Å². The Morgan fingerprint density at radius 1 is 1.09 bits per heavy atom. The van der Waals surface area contributed by atoms with Gasteiger partial charge in [0.2, 0.25) is 11.8 Å². The molecule has 0 unspecified atom stereocenters. The Hall–Kier alpha value is -2.80. The normalized spacial score (nSPS) is 22.9. The zero-order valence-corrected chi connectivity index (χ0v) is 30.0. The number of benzene rings is 1. The second-order valence-corrected chi connectivity index (χ2v) is 17.9. The van der Waals surface area contributed by atoms with Gasteiger partial charge in [-0.15, -0.1) is 0 Å². The number of amides is 2. The number of fused-ring (bicyclic) bond motifs is 1. The van der Waals surface area contributed by atoms with Crippen LogP contribution in [-0.4, -0.2) is 94.1 Å². The minimum absolute atomic E-state index is 0.0369. The number of carbonyl (C=O) groups excluding carboxylic acids is 2. The number of aromatic amines is 1. The number of likely N-dealkylation sites (tertiary alicyclic amines) is 1. The SMILES string of the molecule is Cc1nc(CN[C@H](C(=O)N[C@@H](Cc2ccccc2)[C@H](O)CN2C[C@H]3CCCC[C@H]3C[C@H]2C(=O)NC(C)(C)C)C(C)(C)S(C)(=O)=O)c[nH]1. The van der Waals surface area contributed by atoms with Gasteiger partial charge < -0.3 is 20.7 Å². The first-order valence-electron chi connectivity index (χ1n) is 17.0. The summed E-state index contributed by atoms with van der Waals surface area (Å²) in [5.74, 6) is 1.09. The lowest BCUT2D eigenvalue weighted by Gasteiger charge is -2.47. The molecule has 11 nitrogen and oxygen atoms in total. The fourth-order valence-electron chi connectivity index (χ4n) is 7.04. The second-order valence-electron chi connectivity index (χ2n) is 15.3. The molecular formula is C35H56N6O5S. The Balaban J connectivity index is 1.60. The van der Waals surface area contributed by atoms with Gasteiger partial charge in [-0.2, -0.15) is 0 Å². The van der Waals surface area contributed by atoms with Crippen molar-refractivity contribution in [3.8, 4) is 0 Å². The lowest BCUT2D eigenvalue weighted by molar-refractivity contribution is -0.133. The van der Waals surface area contributed by atoms with Crippen LogP contribution in [0.1, 0.15) is 83.8 Å². The van der Waals surface area contributed by atoms with Crippen LogP contribution in [0.2, 0.25) is 0 Å². The van der Waals surface area contributed by atoms with E-state index in [9.17, 15) is 23.1 Å². The van der Waals surface area contributed by atoms with Crippen molar-refractivity contribution in [1.82, 2.24) is 30.8 Å². The lowest BCUT2D eigenvalue weighted by Crippen LogP contribution is -2.63. The minimum atomic E-state index is -3.69. The summed E-state index contributed by atoms with van der Waals surface area (Å²) in [4.78, 5) is 37.3. The highest BCUT2D eigenvalue weighted by Crippen LogP contribution is 2.39. The number of hydrogen-bond donors (Lipinski definition) is 5. The van der Waals surface area contributed by atoms with Crippen molar-refractivity contribution in [3.05, 3.63) is 53.6 Å². The summed E-state index contributed by atoms with van der Waals surface area (Å²) in [6, 6.07) is 7.34. The summed E-state index contributed by atoms with van der Waals surface area (Å²) in [6.07, 6.45) is 7.48. The molecule has 2 aromatic rings. The summed E-state index contributed by atoms with van der Waals surface area (Å²) in [6.45, 7) is 11.9. The van der Waals surface area contributed by atoms with Crippen molar-refractivity contribution in [1.29, 1.82) is 0 Å². The van der Waals surface area contributed by atoms with Gasteiger partial charge in [-0.1, -0.05) is 49.6 Å². The molecule has 0 spiro atoms. The van der Waals surface area contributed by atoms with Gasteiger partial charge in [0, 0.05) is 37.6 Å². The van der Waals surface area contributed by atoms with E-state index in [1.54, 1.807) is 6.20 Å². The molecule has 2 aliphatic rings. The van der Waals surface area contributed by atoms with Gasteiger partial charge in [0.15, 0.2) is 9.84 Å². The molecule has 1 saturated carbocycles.